The predicted octanol–water partition coefficient (Wildman–Crippen LogP) is 1.49. The van der Waals surface area contributed by atoms with Gasteiger partial charge in [-0.15, -0.1) is 0 Å². The second kappa shape index (κ2) is 3.99. The number of methoxy groups -OCH3 is 1. The number of hydrogen-bond donors (Lipinski definition) is 0. The van der Waals surface area contributed by atoms with Gasteiger partial charge in [0.25, 0.3) is 0 Å². The summed E-state index contributed by atoms with van der Waals surface area (Å²) >= 11 is 0. The molecule has 1 aromatic carbocycles. The summed E-state index contributed by atoms with van der Waals surface area (Å²) < 4.78 is 28.0. The van der Waals surface area contributed by atoms with Gasteiger partial charge in [-0.05, 0) is 12.0 Å². The first-order valence-electron chi connectivity index (χ1n) is 7.88. The predicted molar refractivity (Wildman–Crippen MR) is 78.6 cm³/mol. The fourth-order valence-corrected chi connectivity index (χ4v) is 4.25. The van der Waals surface area contributed by atoms with Crippen molar-refractivity contribution in [3.8, 4) is 11.5 Å². The topological polar surface area (TPSA) is 87.5 Å². The van der Waals surface area contributed by atoms with Crippen molar-refractivity contribution in [2.45, 2.75) is 37.4 Å². The molecule has 1 aliphatic carbocycles. The molecule has 0 radical (unpaired) electrons. The first-order valence-corrected chi connectivity index (χ1v) is 7.88. The van der Waals surface area contributed by atoms with E-state index >= 15 is 0 Å². The zero-order valence-electron chi connectivity index (χ0n) is 12.7. The number of ketones is 1. The first-order chi connectivity index (χ1) is 11.7. The van der Waals surface area contributed by atoms with E-state index in [1.54, 1.807) is 13.2 Å². The van der Waals surface area contributed by atoms with Crippen molar-refractivity contribution in [2.75, 3.05) is 7.11 Å². The van der Waals surface area contributed by atoms with Gasteiger partial charge in [0.1, 0.15) is 28.7 Å². The number of epoxide rings is 1. The van der Waals surface area contributed by atoms with Crippen molar-refractivity contribution >= 4 is 16.8 Å². The highest BCUT2D eigenvalue weighted by Gasteiger charge is 2.63. The minimum absolute atomic E-state index is 0.0759. The molecule has 0 unspecified atom stereocenters. The van der Waals surface area contributed by atoms with Gasteiger partial charge in [0.15, 0.2) is 12.1 Å². The van der Waals surface area contributed by atoms with Crippen LogP contribution in [0.3, 0.4) is 0 Å². The molecule has 4 aliphatic rings. The van der Waals surface area contributed by atoms with Crippen molar-refractivity contribution < 1.29 is 28.2 Å². The summed E-state index contributed by atoms with van der Waals surface area (Å²) in [7, 11) is 1.54. The van der Waals surface area contributed by atoms with Gasteiger partial charge >= 0.3 is 5.63 Å². The number of aryl methyl sites for hydroxylation is 1. The summed E-state index contributed by atoms with van der Waals surface area (Å²) in [6.07, 6.45) is 0.0820. The summed E-state index contributed by atoms with van der Waals surface area (Å²) in [5, 5.41) is 0.685. The monoisotopic (exact) mass is 328 g/mol. The Kier molecular flexibility index (Phi) is 2.15. The molecule has 2 fully saturated rings. The number of carbonyl (C=O) groups is 1. The van der Waals surface area contributed by atoms with E-state index < -0.39 is 11.9 Å². The fraction of sp³-hybridized carbons (Fsp3) is 0.412. The molecule has 6 rings (SSSR count). The van der Waals surface area contributed by atoms with Crippen LogP contribution in [0.15, 0.2) is 15.3 Å². The third kappa shape index (κ3) is 1.36. The van der Waals surface area contributed by atoms with E-state index in [2.05, 4.69) is 0 Å². The van der Waals surface area contributed by atoms with E-state index in [9.17, 15) is 9.59 Å². The third-order valence-electron chi connectivity index (χ3n) is 5.32. The van der Waals surface area contributed by atoms with E-state index in [4.69, 9.17) is 23.4 Å². The van der Waals surface area contributed by atoms with Crippen LogP contribution in [0.25, 0.3) is 11.0 Å². The van der Waals surface area contributed by atoms with Crippen molar-refractivity contribution in [2.24, 2.45) is 0 Å². The minimum Gasteiger partial charge on any atom is -0.496 e. The molecule has 0 spiro atoms. The highest BCUT2D eigenvalue weighted by atomic mass is 16.8. The van der Waals surface area contributed by atoms with Gasteiger partial charge in [-0.25, -0.2) is 4.79 Å². The van der Waals surface area contributed by atoms with Crippen molar-refractivity contribution in [1.29, 1.82) is 0 Å². The summed E-state index contributed by atoms with van der Waals surface area (Å²) in [5.41, 5.74) is 1.47. The van der Waals surface area contributed by atoms with E-state index in [0.29, 0.717) is 40.9 Å². The maximum Gasteiger partial charge on any atom is 0.347 e. The molecule has 122 valence electrons. The van der Waals surface area contributed by atoms with Crippen LogP contribution in [0.4, 0.5) is 0 Å². The van der Waals surface area contributed by atoms with E-state index in [1.807, 2.05) is 0 Å². The molecular weight excluding hydrogens is 316 g/mol. The molecule has 7 nitrogen and oxygen atoms in total. The second-order valence-electron chi connectivity index (χ2n) is 6.48. The summed E-state index contributed by atoms with van der Waals surface area (Å²) in [4.78, 5) is 24.4. The molecule has 0 N–H and O–H groups in total. The van der Waals surface area contributed by atoms with Gasteiger partial charge in [0, 0.05) is 12.5 Å². The van der Waals surface area contributed by atoms with Crippen molar-refractivity contribution in [1.82, 2.24) is 0 Å². The van der Waals surface area contributed by atoms with Crippen LogP contribution >= 0.6 is 0 Å². The molecule has 0 amide bonds. The van der Waals surface area contributed by atoms with Gasteiger partial charge < -0.3 is 23.4 Å². The Morgan fingerprint density at radius 1 is 1.17 bits per heavy atom. The van der Waals surface area contributed by atoms with Gasteiger partial charge in [-0.2, -0.15) is 0 Å². The maximum atomic E-state index is 12.4. The zero-order valence-corrected chi connectivity index (χ0v) is 12.7. The normalized spacial score (nSPS) is 31.5. The average molecular weight is 328 g/mol. The summed E-state index contributed by atoms with van der Waals surface area (Å²) in [6.45, 7) is 0. The van der Waals surface area contributed by atoms with Gasteiger partial charge in [-0.3, -0.25) is 4.79 Å². The highest BCUT2D eigenvalue weighted by Crippen LogP contribution is 2.57. The molecule has 7 heteroatoms. The number of hydrogen-bond acceptors (Lipinski definition) is 7. The van der Waals surface area contributed by atoms with Gasteiger partial charge in [0.05, 0.1) is 24.0 Å². The summed E-state index contributed by atoms with van der Waals surface area (Å²) in [6, 6.07) is 1.78. The summed E-state index contributed by atoms with van der Waals surface area (Å²) in [5.74, 6) is 0.811. The molecule has 4 heterocycles. The lowest BCUT2D eigenvalue weighted by Gasteiger charge is -2.13. The van der Waals surface area contributed by atoms with E-state index in [-0.39, 0.29) is 29.7 Å². The second-order valence-corrected chi connectivity index (χ2v) is 6.48. The Morgan fingerprint density at radius 3 is 2.88 bits per heavy atom. The van der Waals surface area contributed by atoms with Crippen molar-refractivity contribution in [3.63, 3.8) is 0 Å². The van der Waals surface area contributed by atoms with Crippen LogP contribution in [-0.4, -0.2) is 31.6 Å². The standard InChI is InChI=1S/C17H12O7/c1-20-7-4-8-11(12-14-17(23-14)24-16(12)21-8)13-10(7)5-2-3-6(18)9(5)15(19)22-13/h4,12,14,16-17H,2-3H2,1H3/t12-,14-,16+,17+/m1/s1. The van der Waals surface area contributed by atoms with Crippen LogP contribution in [0.2, 0.25) is 0 Å². The van der Waals surface area contributed by atoms with Crippen molar-refractivity contribution in [3.05, 3.63) is 33.2 Å². The van der Waals surface area contributed by atoms with Crippen LogP contribution in [0.1, 0.15) is 33.8 Å². The number of Topliss-reactive ketones (excluding diaryl/α,β-unsaturated/α-hetero) is 1. The molecule has 3 aliphatic heterocycles. The number of benzene rings is 1. The first kappa shape index (κ1) is 13.0. The lowest BCUT2D eigenvalue weighted by molar-refractivity contribution is -0.109. The maximum absolute atomic E-state index is 12.4. The average Bonchev–Trinajstić information content (AvgIpc) is 2.91. The molecule has 2 aromatic rings. The number of fused-ring (bicyclic) bond motifs is 9. The zero-order chi connectivity index (χ0) is 16.2. The van der Waals surface area contributed by atoms with Crippen LogP contribution in [0, 0.1) is 0 Å². The molecule has 2 saturated heterocycles. The Morgan fingerprint density at radius 2 is 2.04 bits per heavy atom. The SMILES string of the molecule is COc1cc2c(c3oc(=O)c4c(c13)CCC4=O)[C@H]1[C@@H](O2)O[C@@H]2O[C@@H]21. The minimum atomic E-state index is -0.592. The van der Waals surface area contributed by atoms with Crippen LogP contribution < -0.4 is 15.1 Å². The van der Waals surface area contributed by atoms with Gasteiger partial charge in [-0.1, -0.05) is 0 Å². The Hall–Kier alpha value is -2.38. The molecule has 1 aromatic heterocycles. The van der Waals surface area contributed by atoms with Crippen LogP contribution in [0.5, 0.6) is 11.5 Å². The van der Waals surface area contributed by atoms with E-state index in [1.165, 1.54) is 0 Å². The smallest absolute Gasteiger partial charge is 0.347 e. The molecule has 0 saturated carbocycles. The Balaban J connectivity index is 1.74. The Labute approximate surface area is 135 Å². The molecular formula is C17H12O7. The quantitative estimate of drug-likeness (QED) is 0.579. The molecule has 4 atom stereocenters. The highest BCUT2D eigenvalue weighted by molar-refractivity contribution is 6.06. The Bertz CT molecular complexity index is 1000. The third-order valence-corrected chi connectivity index (χ3v) is 5.32. The number of ether oxygens (including phenoxy) is 4. The van der Waals surface area contributed by atoms with Gasteiger partial charge in [0.2, 0.25) is 6.29 Å². The number of carbonyl (C=O) groups excluding carboxylic acids is 1. The lowest BCUT2D eigenvalue weighted by Crippen LogP contribution is -2.19. The van der Waals surface area contributed by atoms with E-state index in [0.717, 1.165) is 5.56 Å². The van der Waals surface area contributed by atoms with Crippen LogP contribution in [-0.2, 0) is 15.9 Å². The molecule has 0 bridgehead atoms. The fourth-order valence-electron chi connectivity index (χ4n) is 4.25. The molecule has 24 heavy (non-hydrogen) atoms. The largest absolute Gasteiger partial charge is 0.496 e. The lowest BCUT2D eigenvalue weighted by atomic mass is 9.93. The number of rotatable bonds is 1.